The number of aliphatic hydroxyl groups is 2. The summed E-state index contributed by atoms with van der Waals surface area (Å²) in [5.74, 6) is -4.02. The van der Waals surface area contributed by atoms with Crippen molar-refractivity contribution in [2.45, 2.75) is 30.5 Å². The van der Waals surface area contributed by atoms with Crippen molar-refractivity contribution in [3.8, 4) is 0 Å². The second-order valence-electron chi connectivity index (χ2n) is 5.26. The number of benzene rings is 1. The Balaban J connectivity index is 2.04. The van der Waals surface area contributed by atoms with Crippen molar-refractivity contribution in [3.05, 3.63) is 35.7 Å². The van der Waals surface area contributed by atoms with Gasteiger partial charge in [-0.15, -0.1) is 0 Å². The predicted octanol–water partition coefficient (Wildman–Crippen LogP) is 0.854. The van der Waals surface area contributed by atoms with Gasteiger partial charge in [0.05, 0.1) is 34.3 Å². The molecule has 0 aliphatic heterocycles. The zero-order valence-electron chi connectivity index (χ0n) is 10.1. The highest BCUT2D eigenvalue weighted by molar-refractivity contribution is 5.95. The fourth-order valence-electron chi connectivity index (χ4n) is 3.22. The molecule has 1 fully saturated rings. The van der Waals surface area contributed by atoms with Gasteiger partial charge in [-0.25, -0.2) is 9.97 Å². The number of fused-ring (bicyclic) bond motifs is 3. The Labute approximate surface area is 108 Å². The lowest BCUT2D eigenvalue weighted by atomic mass is 9.66. The van der Waals surface area contributed by atoms with E-state index in [2.05, 4.69) is 9.97 Å². The van der Waals surface area contributed by atoms with Gasteiger partial charge < -0.3 is 10.2 Å². The lowest BCUT2D eigenvalue weighted by Gasteiger charge is -2.43. The van der Waals surface area contributed by atoms with E-state index in [1.165, 1.54) is 0 Å². The number of ketones is 1. The third-order valence-corrected chi connectivity index (χ3v) is 4.20. The molecule has 0 radical (unpaired) electrons. The van der Waals surface area contributed by atoms with Gasteiger partial charge in [0.1, 0.15) is 0 Å². The van der Waals surface area contributed by atoms with Gasteiger partial charge in [-0.3, -0.25) is 4.79 Å². The van der Waals surface area contributed by atoms with Crippen LogP contribution in [-0.2, 0) is 4.79 Å². The average Bonchev–Trinajstić information content (AvgIpc) is 2.41. The second-order valence-corrected chi connectivity index (χ2v) is 5.26. The van der Waals surface area contributed by atoms with Crippen LogP contribution < -0.4 is 0 Å². The molecule has 2 atom stereocenters. The summed E-state index contributed by atoms with van der Waals surface area (Å²) in [6.45, 7) is 0. The first kappa shape index (κ1) is 11.0. The molecule has 3 aliphatic rings. The molecular weight excluding hydrogens is 244 g/mol. The SMILES string of the molecule is O=C1C2CCC(c3nc4ccccc4nc32)C1(O)O. The lowest BCUT2D eigenvalue weighted by molar-refractivity contribution is -0.203. The molecule has 0 saturated heterocycles. The molecule has 2 aromatic rings. The van der Waals surface area contributed by atoms with E-state index < -0.39 is 23.4 Å². The van der Waals surface area contributed by atoms with Crippen molar-refractivity contribution in [2.24, 2.45) is 0 Å². The number of carbonyl (C=O) groups excluding carboxylic acids is 1. The van der Waals surface area contributed by atoms with Crippen molar-refractivity contribution < 1.29 is 15.0 Å². The first-order valence-corrected chi connectivity index (χ1v) is 6.34. The van der Waals surface area contributed by atoms with Gasteiger partial charge in [-0.05, 0) is 25.0 Å². The van der Waals surface area contributed by atoms with E-state index in [0.29, 0.717) is 24.2 Å². The van der Waals surface area contributed by atoms with Crippen molar-refractivity contribution in [3.63, 3.8) is 0 Å². The molecule has 0 amide bonds. The van der Waals surface area contributed by atoms with Crippen molar-refractivity contribution >= 4 is 16.8 Å². The van der Waals surface area contributed by atoms with Crippen molar-refractivity contribution in [2.75, 3.05) is 0 Å². The highest BCUT2D eigenvalue weighted by atomic mass is 16.5. The number of hydrogen-bond donors (Lipinski definition) is 2. The highest BCUT2D eigenvalue weighted by Gasteiger charge is 2.56. The molecule has 1 aromatic carbocycles. The summed E-state index contributed by atoms with van der Waals surface area (Å²) in [5, 5.41) is 20.0. The van der Waals surface area contributed by atoms with Crippen molar-refractivity contribution in [1.29, 1.82) is 0 Å². The van der Waals surface area contributed by atoms with E-state index in [-0.39, 0.29) is 0 Å². The molecule has 1 heterocycles. The zero-order chi connectivity index (χ0) is 13.2. The molecule has 2 unspecified atom stereocenters. The van der Waals surface area contributed by atoms with E-state index in [0.717, 1.165) is 11.0 Å². The van der Waals surface area contributed by atoms with E-state index in [9.17, 15) is 15.0 Å². The van der Waals surface area contributed by atoms with E-state index in [1.54, 1.807) is 0 Å². The quantitative estimate of drug-likeness (QED) is 0.683. The van der Waals surface area contributed by atoms with E-state index in [1.807, 2.05) is 24.3 Å². The topological polar surface area (TPSA) is 83.3 Å². The summed E-state index contributed by atoms with van der Waals surface area (Å²) >= 11 is 0. The van der Waals surface area contributed by atoms with Crippen LogP contribution in [0.3, 0.4) is 0 Å². The second kappa shape index (κ2) is 3.37. The van der Waals surface area contributed by atoms with Crippen LogP contribution in [0.1, 0.15) is 36.1 Å². The number of Topliss-reactive ketones (excluding diaryl/α,β-unsaturated/α-hetero) is 1. The third-order valence-electron chi connectivity index (χ3n) is 4.20. The van der Waals surface area contributed by atoms with Gasteiger partial charge in [-0.1, -0.05) is 12.1 Å². The van der Waals surface area contributed by atoms with Crippen LogP contribution in [0.15, 0.2) is 24.3 Å². The van der Waals surface area contributed by atoms with Gasteiger partial charge >= 0.3 is 0 Å². The van der Waals surface area contributed by atoms with Crippen LogP contribution >= 0.6 is 0 Å². The Bertz CT molecular complexity index is 711. The first-order valence-electron chi connectivity index (χ1n) is 6.34. The van der Waals surface area contributed by atoms with Gasteiger partial charge in [0.15, 0.2) is 0 Å². The molecule has 5 heteroatoms. The number of hydrogen-bond acceptors (Lipinski definition) is 5. The molecule has 5 nitrogen and oxygen atoms in total. The molecule has 19 heavy (non-hydrogen) atoms. The van der Waals surface area contributed by atoms with Crippen LogP contribution in [0.4, 0.5) is 0 Å². The normalized spacial score (nSPS) is 27.6. The standard InChI is InChI=1S/C14H12N2O3/c17-13-7-5-6-8(14(13,18)19)12-11(7)15-9-3-1-2-4-10(9)16-12/h1-4,7-8,18-19H,5-6H2. The number of rotatable bonds is 0. The summed E-state index contributed by atoms with van der Waals surface area (Å²) in [7, 11) is 0. The number of nitrogens with zero attached hydrogens (tertiary/aromatic N) is 2. The fourth-order valence-corrected chi connectivity index (χ4v) is 3.22. The maximum absolute atomic E-state index is 12.0. The Kier molecular flexibility index (Phi) is 1.96. The minimum absolute atomic E-state index is 0.535. The largest absolute Gasteiger partial charge is 0.359 e. The minimum atomic E-state index is -2.28. The molecule has 96 valence electrons. The van der Waals surface area contributed by atoms with Gasteiger partial charge in [0.2, 0.25) is 11.6 Å². The number of aromatic nitrogens is 2. The Hall–Kier alpha value is -1.85. The van der Waals surface area contributed by atoms with Crippen LogP contribution in [0.2, 0.25) is 0 Å². The van der Waals surface area contributed by atoms with Gasteiger partial charge in [0.25, 0.3) is 0 Å². The average molecular weight is 256 g/mol. The van der Waals surface area contributed by atoms with Crippen LogP contribution in [0, 0.1) is 0 Å². The summed E-state index contributed by atoms with van der Waals surface area (Å²) in [4.78, 5) is 21.0. The maximum Gasteiger partial charge on any atom is 0.233 e. The maximum atomic E-state index is 12.0. The number of carbonyl (C=O) groups is 1. The molecule has 1 saturated carbocycles. The molecule has 2 N–H and O–H groups in total. The van der Waals surface area contributed by atoms with Crippen LogP contribution in [0.25, 0.3) is 11.0 Å². The molecule has 3 aliphatic carbocycles. The van der Waals surface area contributed by atoms with Crippen LogP contribution in [-0.4, -0.2) is 31.8 Å². The summed E-state index contributed by atoms with van der Waals surface area (Å²) in [5.41, 5.74) is 2.65. The summed E-state index contributed by atoms with van der Waals surface area (Å²) < 4.78 is 0. The molecular formula is C14H12N2O3. The Morgan fingerprint density at radius 3 is 2.37 bits per heavy atom. The predicted molar refractivity (Wildman–Crippen MR) is 66.4 cm³/mol. The monoisotopic (exact) mass is 256 g/mol. The van der Waals surface area contributed by atoms with Gasteiger partial charge in [0, 0.05) is 0 Å². The van der Waals surface area contributed by atoms with Crippen LogP contribution in [0.5, 0.6) is 0 Å². The summed E-state index contributed by atoms with van der Waals surface area (Å²) in [6.07, 6.45) is 1.18. The fraction of sp³-hybridized carbons (Fsp3) is 0.357. The third kappa shape index (κ3) is 1.29. The molecule has 2 bridgehead atoms. The minimum Gasteiger partial charge on any atom is -0.359 e. The molecule has 5 rings (SSSR count). The van der Waals surface area contributed by atoms with Gasteiger partial charge in [-0.2, -0.15) is 0 Å². The summed E-state index contributed by atoms with van der Waals surface area (Å²) in [6, 6.07) is 7.42. The Morgan fingerprint density at radius 1 is 1.05 bits per heavy atom. The Morgan fingerprint density at radius 2 is 1.68 bits per heavy atom. The number of para-hydroxylation sites is 2. The lowest BCUT2D eigenvalue weighted by Crippen LogP contribution is -2.54. The highest BCUT2D eigenvalue weighted by Crippen LogP contribution is 2.50. The van der Waals surface area contributed by atoms with E-state index >= 15 is 0 Å². The van der Waals surface area contributed by atoms with Crippen molar-refractivity contribution in [1.82, 2.24) is 9.97 Å². The molecule has 0 spiro atoms. The zero-order valence-corrected chi connectivity index (χ0v) is 10.1. The molecule has 1 aromatic heterocycles. The first-order chi connectivity index (χ1) is 9.09. The van der Waals surface area contributed by atoms with E-state index in [4.69, 9.17) is 0 Å². The smallest absolute Gasteiger partial charge is 0.233 e.